The van der Waals surface area contributed by atoms with Crippen LogP contribution in [0.3, 0.4) is 0 Å². The Morgan fingerprint density at radius 3 is 2.56 bits per heavy atom. The Bertz CT molecular complexity index is 220. The fourth-order valence-corrected chi connectivity index (χ4v) is 0.805. The molecule has 9 heavy (non-hydrogen) atoms. The first-order valence-corrected chi connectivity index (χ1v) is 2.96. The van der Waals surface area contributed by atoms with Crippen LogP contribution in [0.15, 0.2) is 18.2 Å². The lowest BCUT2D eigenvalue weighted by Crippen LogP contribution is -2.00. The number of benzene rings is 1. The Kier molecular flexibility index (Phi) is 1.47. The molecule has 0 aliphatic heterocycles. The summed E-state index contributed by atoms with van der Waals surface area (Å²) in [4.78, 5) is 0. The van der Waals surface area contributed by atoms with Crippen molar-refractivity contribution in [2.45, 2.75) is 6.92 Å². The topological polar surface area (TPSA) is 20.2 Å². The molecule has 0 amide bonds. The van der Waals surface area contributed by atoms with Crippen LogP contribution in [0, 0.1) is 6.92 Å². The highest BCUT2D eigenvalue weighted by Crippen LogP contribution is 2.11. The molecule has 0 unspecified atom stereocenters. The number of phenols is 1. The van der Waals surface area contributed by atoms with Crippen molar-refractivity contribution in [3.8, 4) is 5.75 Å². The van der Waals surface area contributed by atoms with Crippen molar-refractivity contribution in [1.29, 1.82) is 0 Å². The van der Waals surface area contributed by atoms with Crippen LogP contribution in [0.4, 0.5) is 0 Å². The van der Waals surface area contributed by atoms with Gasteiger partial charge < -0.3 is 5.11 Å². The fraction of sp³-hybridized carbons (Fsp3) is 0.143. The largest absolute Gasteiger partial charge is 0.508 e. The maximum absolute atomic E-state index is 9.04. The van der Waals surface area contributed by atoms with Crippen LogP contribution in [0.1, 0.15) is 5.56 Å². The minimum atomic E-state index is 0.376. The molecule has 1 rings (SSSR count). The van der Waals surface area contributed by atoms with Crippen LogP contribution in [0.2, 0.25) is 0 Å². The van der Waals surface area contributed by atoms with Gasteiger partial charge in [0.2, 0.25) is 0 Å². The van der Waals surface area contributed by atoms with Crippen molar-refractivity contribution in [3.05, 3.63) is 23.8 Å². The molecular formula is C7H9BO. The molecule has 0 bridgehead atoms. The SMILES string of the molecule is Bc1ccc(O)c(C)c1. The quantitative estimate of drug-likeness (QED) is 0.476. The summed E-state index contributed by atoms with van der Waals surface area (Å²) in [7, 11) is 2.01. The number of aromatic hydroxyl groups is 1. The zero-order valence-corrected chi connectivity index (χ0v) is 5.68. The summed E-state index contributed by atoms with van der Waals surface area (Å²) in [5, 5.41) is 9.04. The second-order valence-electron chi connectivity index (χ2n) is 2.29. The molecule has 1 N–H and O–H groups in total. The van der Waals surface area contributed by atoms with Crippen LogP contribution in [-0.2, 0) is 0 Å². The normalized spacial score (nSPS) is 9.44. The highest BCUT2D eigenvalue weighted by Gasteiger charge is 1.91. The van der Waals surface area contributed by atoms with E-state index in [1.165, 1.54) is 5.46 Å². The predicted molar refractivity (Wildman–Crippen MR) is 41.0 cm³/mol. The summed E-state index contributed by atoms with van der Waals surface area (Å²) in [6.07, 6.45) is 0. The molecule has 46 valence electrons. The van der Waals surface area contributed by atoms with Crippen molar-refractivity contribution in [1.82, 2.24) is 0 Å². The maximum atomic E-state index is 9.04. The van der Waals surface area contributed by atoms with Crippen molar-refractivity contribution in [2.24, 2.45) is 0 Å². The first-order valence-electron chi connectivity index (χ1n) is 2.96. The second kappa shape index (κ2) is 2.13. The lowest BCUT2D eigenvalue weighted by molar-refractivity contribution is 0.471. The molecule has 0 aromatic heterocycles. The lowest BCUT2D eigenvalue weighted by atomic mass is 9.94. The van der Waals surface area contributed by atoms with E-state index in [0.29, 0.717) is 5.75 Å². The van der Waals surface area contributed by atoms with Crippen LogP contribution >= 0.6 is 0 Å². The number of rotatable bonds is 0. The summed E-state index contributed by atoms with van der Waals surface area (Å²) in [6.45, 7) is 1.89. The van der Waals surface area contributed by atoms with E-state index in [9.17, 15) is 0 Å². The summed E-state index contributed by atoms with van der Waals surface area (Å²) in [5.41, 5.74) is 2.13. The summed E-state index contributed by atoms with van der Waals surface area (Å²) in [6, 6.07) is 5.56. The summed E-state index contributed by atoms with van der Waals surface area (Å²) >= 11 is 0. The van der Waals surface area contributed by atoms with Gasteiger partial charge in [-0.2, -0.15) is 0 Å². The molecule has 1 aromatic carbocycles. The molecule has 1 aromatic rings. The van der Waals surface area contributed by atoms with Crippen molar-refractivity contribution in [3.63, 3.8) is 0 Å². The Morgan fingerprint density at radius 2 is 2.11 bits per heavy atom. The molecule has 2 heteroatoms. The second-order valence-corrected chi connectivity index (χ2v) is 2.29. The Morgan fingerprint density at radius 1 is 1.44 bits per heavy atom. The van der Waals surface area contributed by atoms with Crippen LogP contribution in [0.5, 0.6) is 5.75 Å². The highest BCUT2D eigenvalue weighted by atomic mass is 16.3. The molecule has 0 saturated carbocycles. The van der Waals surface area contributed by atoms with Gasteiger partial charge in [-0.3, -0.25) is 0 Å². The standard InChI is InChI=1S/C7H9BO/c1-5-4-6(8)2-3-7(5)9/h2-4,9H,8H2,1H3. The third kappa shape index (κ3) is 1.25. The minimum Gasteiger partial charge on any atom is -0.508 e. The average molecular weight is 120 g/mol. The molecule has 1 nitrogen and oxygen atoms in total. The lowest BCUT2D eigenvalue weighted by Gasteiger charge is -1.97. The predicted octanol–water partition coefficient (Wildman–Crippen LogP) is -0.0410. The van der Waals surface area contributed by atoms with E-state index in [0.717, 1.165) is 5.56 Å². The monoisotopic (exact) mass is 120 g/mol. The van der Waals surface area contributed by atoms with Gasteiger partial charge in [-0.1, -0.05) is 17.6 Å². The number of hydrogen-bond donors (Lipinski definition) is 1. The Labute approximate surface area is 55.7 Å². The molecule has 0 spiro atoms. The van der Waals surface area contributed by atoms with Gasteiger partial charge >= 0.3 is 0 Å². The van der Waals surface area contributed by atoms with Gasteiger partial charge in [-0.25, -0.2) is 0 Å². The van der Waals surface area contributed by atoms with Crippen LogP contribution in [-0.4, -0.2) is 13.0 Å². The third-order valence-electron chi connectivity index (χ3n) is 1.35. The highest BCUT2D eigenvalue weighted by molar-refractivity contribution is 6.32. The van der Waals surface area contributed by atoms with E-state index in [4.69, 9.17) is 5.11 Å². The average Bonchev–Trinajstić information content (AvgIpc) is 1.80. The van der Waals surface area contributed by atoms with Crippen molar-refractivity contribution < 1.29 is 5.11 Å². The van der Waals surface area contributed by atoms with E-state index < -0.39 is 0 Å². The van der Waals surface area contributed by atoms with Crippen molar-refractivity contribution in [2.75, 3.05) is 0 Å². The fourth-order valence-electron chi connectivity index (χ4n) is 0.805. The van der Waals surface area contributed by atoms with Gasteiger partial charge in [0.15, 0.2) is 0 Å². The van der Waals surface area contributed by atoms with Gasteiger partial charge in [-0.05, 0) is 18.6 Å². The maximum Gasteiger partial charge on any atom is 0.139 e. The van der Waals surface area contributed by atoms with Crippen molar-refractivity contribution >= 4 is 13.3 Å². The minimum absolute atomic E-state index is 0.376. The van der Waals surface area contributed by atoms with Crippen LogP contribution in [0.25, 0.3) is 0 Å². The number of phenolic OH excluding ortho intramolecular Hbond substituents is 1. The number of aryl methyl sites for hydroxylation is 1. The number of hydrogen-bond acceptors (Lipinski definition) is 1. The van der Waals surface area contributed by atoms with Gasteiger partial charge in [0.1, 0.15) is 13.6 Å². The molecule has 0 heterocycles. The van der Waals surface area contributed by atoms with Crippen LogP contribution < -0.4 is 5.46 Å². The molecule has 0 saturated heterocycles. The molecule has 0 aliphatic rings. The Hall–Kier alpha value is -0.915. The third-order valence-corrected chi connectivity index (χ3v) is 1.35. The molecular weight excluding hydrogens is 111 g/mol. The Balaban J connectivity index is 3.17. The zero-order valence-electron chi connectivity index (χ0n) is 5.68. The zero-order chi connectivity index (χ0) is 6.85. The van der Waals surface area contributed by atoms with E-state index in [2.05, 4.69) is 0 Å². The van der Waals surface area contributed by atoms with Gasteiger partial charge in [0.25, 0.3) is 0 Å². The summed E-state index contributed by atoms with van der Waals surface area (Å²) in [5.74, 6) is 0.376. The van der Waals surface area contributed by atoms with E-state index >= 15 is 0 Å². The molecule has 0 atom stereocenters. The molecule has 0 fully saturated rings. The van der Waals surface area contributed by atoms with E-state index in [-0.39, 0.29) is 0 Å². The first kappa shape index (κ1) is 6.21. The molecule has 0 aliphatic carbocycles. The van der Waals surface area contributed by atoms with Gasteiger partial charge in [0, 0.05) is 0 Å². The first-order chi connectivity index (χ1) is 4.20. The van der Waals surface area contributed by atoms with E-state index in [1.54, 1.807) is 6.07 Å². The summed E-state index contributed by atoms with van der Waals surface area (Å²) < 4.78 is 0. The van der Waals surface area contributed by atoms with E-state index in [1.807, 2.05) is 26.9 Å². The van der Waals surface area contributed by atoms with Gasteiger partial charge in [0.05, 0.1) is 0 Å². The molecule has 0 radical (unpaired) electrons. The van der Waals surface area contributed by atoms with Gasteiger partial charge in [-0.15, -0.1) is 0 Å². The smallest absolute Gasteiger partial charge is 0.139 e.